The molecule has 2 rings (SSSR count). The highest BCUT2D eigenvalue weighted by Gasteiger charge is 2.29. The van der Waals surface area contributed by atoms with Crippen molar-refractivity contribution >= 4 is 15.9 Å². The van der Waals surface area contributed by atoms with Gasteiger partial charge in [0.25, 0.3) is 0 Å². The number of hydrogen-bond acceptors (Lipinski definition) is 2. The maximum absolute atomic E-state index is 5.33. The third-order valence-electron chi connectivity index (χ3n) is 3.56. The second-order valence-electron chi connectivity index (χ2n) is 4.92. The molecule has 100 valence electrons. The summed E-state index contributed by atoms with van der Waals surface area (Å²) in [5, 5.41) is 3.60. The molecular weight excluding hydrogens is 290 g/mol. The van der Waals surface area contributed by atoms with Crippen LogP contribution in [0.25, 0.3) is 0 Å². The molecule has 0 radical (unpaired) electrons. The van der Waals surface area contributed by atoms with Crippen LogP contribution in [0.4, 0.5) is 0 Å². The Labute approximate surface area is 118 Å². The van der Waals surface area contributed by atoms with Crippen molar-refractivity contribution in [2.45, 2.75) is 38.1 Å². The van der Waals surface area contributed by atoms with Gasteiger partial charge in [-0.1, -0.05) is 28.1 Å². The topological polar surface area (TPSA) is 21.3 Å². The molecule has 0 aromatic heterocycles. The van der Waals surface area contributed by atoms with Crippen LogP contribution in [0.15, 0.2) is 28.7 Å². The van der Waals surface area contributed by atoms with E-state index in [4.69, 9.17) is 4.74 Å². The summed E-state index contributed by atoms with van der Waals surface area (Å²) in [4.78, 5) is 0. The molecular formula is C15H22BrNO. The lowest BCUT2D eigenvalue weighted by molar-refractivity contribution is 0.142. The third-order valence-corrected chi connectivity index (χ3v) is 4.05. The van der Waals surface area contributed by atoms with Gasteiger partial charge in [-0.25, -0.2) is 0 Å². The first kappa shape index (κ1) is 14.0. The van der Waals surface area contributed by atoms with Crippen molar-refractivity contribution < 1.29 is 4.74 Å². The van der Waals surface area contributed by atoms with Crippen LogP contribution in [0, 0.1) is 0 Å². The molecule has 1 N–H and O–H groups in total. The van der Waals surface area contributed by atoms with Crippen molar-refractivity contribution in [1.82, 2.24) is 5.32 Å². The SMILES string of the molecule is CCOCCCNC1CC(c2cccc(Br)c2)C1. The highest BCUT2D eigenvalue weighted by atomic mass is 79.9. The molecule has 0 amide bonds. The molecule has 18 heavy (non-hydrogen) atoms. The number of hydrogen-bond donors (Lipinski definition) is 1. The molecule has 0 atom stereocenters. The van der Waals surface area contributed by atoms with Crippen molar-refractivity contribution in [2.75, 3.05) is 19.8 Å². The van der Waals surface area contributed by atoms with Gasteiger partial charge >= 0.3 is 0 Å². The third kappa shape index (κ3) is 4.08. The minimum absolute atomic E-state index is 0.704. The van der Waals surface area contributed by atoms with E-state index in [1.165, 1.54) is 22.9 Å². The van der Waals surface area contributed by atoms with Gasteiger partial charge < -0.3 is 10.1 Å². The molecule has 1 fully saturated rings. The summed E-state index contributed by atoms with van der Waals surface area (Å²) in [6.45, 7) is 4.83. The zero-order valence-corrected chi connectivity index (χ0v) is 12.6. The number of nitrogens with one attached hydrogen (secondary N) is 1. The lowest BCUT2D eigenvalue weighted by Gasteiger charge is -2.36. The van der Waals surface area contributed by atoms with Gasteiger partial charge in [-0.3, -0.25) is 0 Å². The quantitative estimate of drug-likeness (QED) is 0.775. The Kier molecular flexibility index (Phi) is 5.67. The summed E-state index contributed by atoms with van der Waals surface area (Å²) in [6, 6.07) is 9.40. The molecule has 0 aliphatic heterocycles. The van der Waals surface area contributed by atoms with Gasteiger partial charge in [0.05, 0.1) is 0 Å². The molecule has 1 aliphatic rings. The molecule has 3 heteroatoms. The molecule has 0 unspecified atom stereocenters. The van der Waals surface area contributed by atoms with E-state index >= 15 is 0 Å². The summed E-state index contributed by atoms with van der Waals surface area (Å²) in [5.74, 6) is 0.742. The first-order valence-electron chi connectivity index (χ1n) is 6.86. The number of halogens is 1. The largest absolute Gasteiger partial charge is 0.382 e. The van der Waals surface area contributed by atoms with E-state index in [0.717, 1.165) is 32.1 Å². The maximum atomic E-state index is 5.33. The molecule has 0 heterocycles. The van der Waals surface area contributed by atoms with E-state index in [0.29, 0.717) is 6.04 Å². The number of benzene rings is 1. The van der Waals surface area contributed by atoms with Gasteiger partial charge in [0.2, 0.25) is 0 Å². The summed E-state index contributed by atoms with van der Waals surface area (Å²) in [7, 11) is 0. The van der Waals surface area contributed by atoms with E-state index in [2.05, 4.69) is 45.5 Å². The number of ether oxygens (including phenoxy) is 1. The summed E-state index contributed by atoms with van der Waals surface area (Å²) in [5.41, 5.74) is 1.47. The highest BCUT2D eigenvalue weighted by Crippen LogP contribution is 2.37. The standard InChI is InChI=1S/C15H22BrNO/c1-2-18-8-4-7-17-15-10-13(11-15)12-5-3-6-14(16)9-12/h3,5-6,9,13,15,17H,2,4,7-8,10-11H2,1H3. The van der Waals surface area contributed by atoms with Gasteiger partial charge in [0, 0.05) is 23.7 Å². The minimum Gasteiger partial charge on any atom is -0.382 e. The Morgan fingerprint density at radius 3 is 2.94 bits per heavy atom. The monoisotopic (exact) mass is 311 g/mol. The fourth-order valence-electron chi connectivity index (χ4n) is 2.44. The Bertz CT molecular complexity index is 363. The first-order chi connectivity index (χ1) is 8.79. The van der Waals surface area contributed by atoms with E-state index in [-0.39, 0.29) is 0 Å². The van der Waals surface area contributed by atoms with E-state index in [9.17, 15) is 0 Å². The van der Waals surface area contributed by atoms with E-state index < -0.39 is 0 Å². The predicted octanol–water partition coefficient (Wildman–Crippen LogP) is 3.71. The van der Waals surface area contributed by atoms with Gasteiger partial charge in [-0.15, -0.1) is 0 Å². The first-order valence-corrected chi connectivity index (χ1v) is 7.65. The van der Waals surface area contributed by atoms with Crippen molar-refractivity contribution in [1.29, 1.82) is 0 Å². The van der Waals surface area contributed by atoms with Crippen LogP contribution in [0.1, 0.15) is 37.7 Å². The van der Waals surface area contributed by atoms with Crippen molar-refractivity contribution in [3.05, 3.63) is 34.3 Å². The summed E-state index contributed by atoms with van der Waals surface area (Å²) >= 11 is 3.54. The highest BCUT2D eigenvalue weighted by molar-refractivity contribution is 9.10. The summed E-state index contributed by atoms with van der Waals surface area (Å²) < 4.78 is 6.51. The zero-order chi connectivity index (χ0) is 12.8. The van der Waals surface area contributed by atoms with Crippen LogP contribution in [0.2, 0.25) is 0 Å². The molecule has 0 saturated heterocycles. The zero-order valence-electron chi connectivity index (χ0n) is 11.0. The van der Waals surface area contributed by atoms with Crippen LogP contribution in [0.3, 0.4) is 0 Å². The van der Waals surface area contributed by atoms with Crippen LogP contribution < -0.4 is 5.32 Å². The molecule has 1 aromatic carbocycles. The smallest absolute Gasteiger partial charge is 0.0477 e. The minimum atomic E-state index is 0.704. The average molecular weight is 312 g/mol. The van der Waals surface area contributed by atoms with Gasteiger partial charge in [0.1, 0.15) is 0 Å². The fourth-order valence-corrected chi connectivity index (χ4v) is 2.86. The van der Waals surface area contributed by atoms with Crippen molar-refractivity contribution in [3.63, 3.8) is 0 Å². The van der Waals surface area contributed by atoms with E-state index in [1.807, 2.05) is 6.92 Å². The Hall–Kier alpha value is -0.380. The molecule has 0 bridgehead atoms. The van der Waals surface area contributed by atoms with Crippen LogP contribution in [-0.4, -0.2) is 25.8 Å². The second-order valence-corrected chi connectivity index (χ2v) is 5.84. The van der Waals surface area contributed by atoms with Gasteiger partial charge in [0.15, 0.2) is 0 Å². The molecule has 2 nitrogen and oxygen atoms in total. The van der Waals surface area contributed by atoms with Gasteiger partial charge in [-0.05, 0) is 56.3 Å². The lowest BCUT2D eigenvalue weighted by Crippen LogP contribution is -2.40. The van der Waals surface area contributed by atoms with Crippen LogP contribution in [-0.2, 0) is 4.74 Å². The average Bonchev–Trinajstić information content (AvgIpc) is 2.31. The Balaban J connectivity index is 1.62. The van der Waals surface area contributed by atoms with Gasteiger partial charge in [-0.2, -0.15) is 0 Å². The fraction of sp³-hybridized carbons (Fsp3) is 0.600. The summed E-state index contributed by atoms with van der Waals surface area (Å²) in [6.07, 6.45) is 3.65. The number of rotatable bonds is 7. The Morgan fingerprint density at radius 2 is 2.22 bits per heavy atom. The lowest BCUT2D eigenvalue weighted by atomic mass is 9.76. The van der Waals surface area contributed by atoms with Crippen LogP contribution >= 0.6 is 15.9 Å². The predicted molar refractivity (Wildman–Crippen MR) is 79.0 cm³/mol. The Morgan fingerprint density at radius 1 is 1.39 bits per heavy atom. The maximum Gasteiger partial charge on any atom is 0.0477 e. The normalized spacial score (nSPS) is 22.8. The molecule has 1 saturated carbocycles. The molecule has 1 aliphatic carbocycles. The van der Waals surface area contributed by atoms with Crippen LogP contribution in [0.5, 0.6) is 0 Å². The second kappa shape index (κ2) is 7.27. The molecule has 0 spiro atoms. The van der Waals surface area contributed by atoms with E-state index in [1.54, 1.807) is 0 Å². The van der Waals surface area contributed by atoms with Crippen molar-refractivity contribution in [3.8, 4) is 0 Å². The molecule has 1 aromatic rings. The van der Waals surface area contributed by atoms with Crippen molar-refractivity contribution in [2.24, 2.45) is 0 Å².